The van der Waals surface area contributed by atoms with Crippen LogP contribution in [0.2, 0.25) is 0 Å². The van der Waals surface area contributed by atoms with Crippen molar-refractivity contribution in [1.29, 1.82) is 0 Å². The van der Waals surface area contributed by atoms with E-state index >= 15 is 0 Å². The first kappa shape index (κ1) is 13.0. The highest BCUT2D eigenvalue weighted by Gasteiger charge is 2.23. The minimum absolute atomic E-state index is 0.726. The molecule has 0 radical (unpaired) electrons. The molecular weight excluding hydrogens is 232 g/mol. The normalized spacial score (nSPS) is 26.2. The number of rotatable bonds is 3. The fraction of sp³-hybridized carbons (Fsp3) is 0.647. The number of benzene rings is 1. The van der Waals surface area contributed by atoms with Crippen molar-refractivity contribution in [1.82, 2.24) is 5.32 Å². The topological polar surface area (TPSA) is 15.3 Å². The average molecular weight is 258 g/mol. The summed E-state index contributed by atoms with van der Waals surface area (Å²) in [5.74, 6) is 0. The van der Waals surface area contributed by atoms with Crippen molar-refractivity contribution in [3.05, 3.63) is 29.3 Å². The van der Waals surface area contributed by atoms with Gasteiger partial charge in [0.25, 0.3) is 0 Å². The van der Waals surface area contributed by atoms with Crippen LogP contribution in [0.1, 0.15) is 43.2 Å². The average Bonchev–Trinajstić information content (AvgIpc) is 2.94. The van der Waals surface area contributed by atoms with Crippen LogP contribution in [-0.4, -0.2) is 26.2 Å². The van der Waals surface area contributed by atoms with Gasteiger partial charge in [0, 0.05) is 24.8 Å². The molecule has 1 aromatic rings. The maximum absolute atomic E-state index is 3.42. The highest BCUT2D eigenvalue weighted by molar-refractivity contribution is 5.52. The van der Waals surface area contributed by atoms with E-state index in [1.54, 1.807) is 11.1 Å². The van der Waals surface area contributed by atoms with Crippen LogP contribution in [-0.2, 0) is 12.8 Å². The standard InChI is InChI=1S/C17H26N2/c1-18-15-7-10-16(11-8-15)19(2)17-9-6-13-4-3-5-14(13)12-17/h6,9,12,15-16,18H,3-5,7-8,10-11H2,1-2H3. The third kappa shape index (κ3) is 2.64. The minimum Gasteiger partial charge on any atom is -0.372 e. The lowest BCUT2D eigenvalue weighted by Gasteiger charge is -2.36. The van der Waals surface area contributed by atoms with Crippen LogP contribution >= 0.6 is 0 Å². The van der Waals surface area contributed by atoms with Crippen LogP contribution in [0.25, 0.3) is 0 Å². The van der Waals surface area contributed by atoms with Gasteiger partial charge in [0.1, 0.15) is 0 Å². The second-order valence-electron chi connectivity index (χ2n) is 6.21. The molecule has 104 valence electrons. The first-order valence-electron chi connectivity index (χ1n) is 7.80. The molecule has 0 amide bonds. The Morgan fingerprint density at radius 2 is 1.79 bits per heavy atom. The molecule has 2 nitrogen and oxygen atoms in total. The summed E-state index contributed by atoms with van der Waals surface area (Å²) in [5, 5.41) is 3.42. The number of hydrogen-bond donors (Lipinski definition) is 1. The van der Waals surface area contributed by atoms with E-state index in [4.69, 9.17) is 0 Å². The fourth-order valence-electron chi connectivity index (χ4n) is 3.74. The lowest BCUT2D eigenvalue weighted by Crippen LogP contribution is -2.39. The highest BCUT2D eigenvalue weighted by atomic mass is 15.1. The molecule has 2 aliphatic rings. The van der Waals surface area contributed by atoms with E-state index in [-0.39, 0.29) is 0 Å². The van der Waals surface area contributed by atoms with Crippen LogP contribution in [0.3, 0.4) is 0 Å². The van der Waals surface area contributed by atoms with Crippen molar-refractivity contribution in [2.75, 3.05) is 19.0 Å². The summed E-state index contributed by atoms with van der Waals surface area (Å²) in [5.41, 5.74) is 4.60. The number of nitrogens with zero attached hydrogens (tertiary/aromatic N) is 1. The predicted octanol–water partition coefficient (Wildman–Crippen LogP) is 3.14. The summed E-state index contributed by atoms with van der Waals surface area (Å²) in [6.07, 6.45) is 9.18. The largest absolute Gasteiger partial charge is 0.372 e. The quantitative estimate of drug-likeness (QED) is 0.896. The number of hydrogen-bond acceptors (Lipinski definition) is 2. The molecule has 19 heavy (non-hydrogen) atoms. The Labute approximate surface area is 117 Å². The fourth-order valence-corrected chi connectivity index (χ4v) is 3.74. The van der Waals surface area contributed by atoms with Crippen molar-refractivity contribution in [3.8, 4) is 0 Å². The van der Waals surface area contributed by atoms with Crippen LogP contribution < -0.4 is 10.2 Å². The number of nitrogens with one attached hydrogen (secondary N) is 1. The molecule has 1 aromatic carbocycles. The molecular formula is C17H26N2. The molecule has 2 heteroatoms. The maximum Gasteiger partial charge on any atom is 0.0369 e. The monoisotopic (exact) mass is 258 g/mol. The summed E-state index contributed by atoms with van der Waals surface area (Å²) in [7, 11) is 4.37. The van der Waals surface area contributed by atoms with Gasteiger partial charge < -0.3 is 10.2 Å². The maximum atomic E-state index is 3.42. The van der Waals surface area contributed by atoms with Crippen molar-refractivity contribution in [2.24, 2.45) is 0 Å². The molecule has 0 bridgehead atoms. The van der Waals surface area contributed by atoms with Crippen LogP contribution in [0.5, 0.6) is 0 Å². The zero-order valence-corrected chi connectivity index (χ0v) is 12.3. The Kier molecular flexibility index (Phi) is 3.79. The molecule has 2 aliphatic carbocycles. The van der Waals surface area contributed by atoms with E-state index in [2.05, 4.69) is 42.5 Å². The van der Waals surface area contributed by atoms with Crippen LogP contribution in [0.15, 0.2) is 18.2 Å². The summed E-state index contributed by atoms with van der Waals surface area (Å²) in [6, 6.07) is 8.59. The van der Waals surface area contributed by atoms with Gasteiger partial charge in [-0.3, -0.25) is 0 Å². The number of anilines is 1. The molecule has 0 heterocycles. The van der Waals surface area contributed by atoms with Crippen molar-refractivity contribution >= 4 is 5.69 Å². The first-order chi connectivity index (χ1) is 9.28. The van der Waals surface area contributed by atoms with Crippen molar-refractivity contribution < 1.29 is 0 Å². The SMILES string of the molecule is CNC1CCC(N(C)c2ccc3c(c2)CCC3)CC1. The van der Waals surface area contributed by atoms with Gasteiger partial charge >= 0.3 is 0 Å². The van der Waals surface area contributed by atoms with Gasteiger partial charge in [0.15, 0.2) is 0 Å². The zero-order valence-electron chi connectivity index (χ0n) is 12.3. The van der Waals surface area contributed by atoms with E-state index < -0.39 is 0 Å². The summed E-state index contributed by atoms with van der Waals surface area (Å²) >= 11 is 0. The van der Waals surface area contributed by atoms with Gasteiger partial charge in [-0.25, -0.2) is 0 Å². The van der Waals surface area contributed by atoms with E-state index in [0.717, 1.165) is 12.1 Å². The number of aryl methyl sites for hydroxylation is 2. The predicted molar refractivity (Wildman–Crippen MR) is 82.0 cm³/mol. The van der Waals surface area contributed by atoms with Crippen molar-refractivity contribution in [2.45, 2.75) is 57.0 Å². The third-order valence-electron chi connectivity index (χ3n) is 5.14. The smallest absolute Gasteiger partial charge is 0.0369 e. The second-order valence-corrected chi connectivity index (χ2v) is 6.21. The molecule has 0 aromatic heterocycles. The van der Waals surface area contributed by atoms with E-state index in [1.165, 1.54) is 50.6 Å². The molecule has 0 aliphatic heterocycles. The van der Waals surface area contributed by atoms with Gasteiger partial charge in [-0.15, -0.1) is 0 Å². The zero-order chi connectivity index (χ0) is 13.2. The van der Waals surface area contributed by atoms with E-state index in [9.17, 15) is 0 Å². The Balaban J connectivity index is 1.68. The van der Waals surface area contributed by atoms with Crippen LogP contribution in [0.4, 0.5) is 5.69 Å². The Hall–Kier alpha value is -1.02. The number of fused-ring (bicyclic) bond motifs is 1. The van der Waals surface area contributed by atoms with Crippen LogP contribution in [0, 0.1) is 0 Å². The molecule has 0 atom stereocenters. The van der Waals surface area contributed by atoms with Crippen molar-refractivity contribution in [3.63, 3.8) is 0 Å². The van der Waals surface area contributed by atoms with E-state index in [1.807, 2.05) is 0 Å². The van der Waals surface area contributed by atoms with E-state index in [0.29, 0.717) is 0 Å². The minimum atomic E-state index is 0.726. The summed E-state index contributed by atoms with van der Waals surface area (Å²) in [6.45, 7) is 0. The molecule has 3 rings (SSSR count). The summed E-state index contributed by atoms with van der Waals surface area (Å²) in [4.78, 5) is 2.52. The molecule has 1 saturated carbocycles. The summed E-state index contributed by atoms with van der Waals surface area (Å²) < 4.78 is 0. The van der Waals surface area contributed by atoms with Gasteiger partial charge in [-0.05, 0) is 75.3 Å². The molecule has 0 spiro atoms. The van der Waals surface area contributed by atoms with Gasteiger partial charge in [0.2, 0.25) is 0 Å². The van der Waals surface area contributed by atoms with Gasteiger partial charge in [0.05, 0.1) is 0 Å². The molecule has 1 fully saturated rings. The lowest BCUT2D eigenvalue weighted by molar-refractivity contribution is 0.351. The Morgan fingerprint density at radius 3 is 2.53 bits per heavy atom. The first-order valence-corrected chi connectivity index (χ1v) is 7.80. The third-order valence-corrected chi connectivity index (χ3v) is 5.14. The van der Waals surface area contributed by atoms with Gasteiger partial charge in [-0.1, -0.05) is 6.07 Å². The molecule has 0 unspecified atom stereocenters. The Bertz CT molecular complexity index is 433. The highest BCUT2D eigenvalue weighted by Crippen LogP contribution is 2.30. The second kappa shape index (κ2) is 5.54. The van der Waals surface area contributed by atoms with Gasteiger partial charge in [-0.2, -0.15) is 0 Å². The Morgan fingerprint density at radius 1 is 1.05 bits per heavy atom. The molecule has 1 N–H and O–H groups in total. The molecule has 0 saturated heterocycles. The lowest BCUT2D eigenvalue weighted by atomic mass is 9.90.